The fraction of sp³-hybridized carbons (Fsp3) is 0.333. The minimum atomic E-state index is -1.11. The van der Waals surface area contributed by atoms with E-state index in [0.717, 1.165) is 30.6 Å². The van der Waals surface area contributed by atoms with E-state index in [1.807, 2.05) is 0 Å². The molecule has 3 aliphatic rings. The van der Waals surface area contributed by atoms with Crippen molar-refractivity contribution < 1.29 is 37.8 Å². The number of nitrogens with one attached hydrogen (secondary N) is 2. The molecule has 1 atom stereocenters. The average molecular weight is 805 g/mol. The number of nitriles is 1. The van der Waals surface area contributed by atoms with Crippen LogP contribution in [0.3, 0.4) is 0 Å². The largest absolute Gasteiger partial charge is 0.495 e. The lowest BCUT2D eigenvalue weighted by Crippen LogP contribution is -2.54. The molecule has 0 saturated carbocycles. The summed E-state index contributed by atoms with van der Waals surface area (Å²) < 4.78 is 32.4. The van der Waals surface area contributed by atoms with Gasteiger partial charge in [-0.3, -0.25) is 39.3 Å². The molecule has 1 aromatic heterocycles. The summed E-state index contributed by atoms with van der Waals surface area (Å²) in [6.07, 6.45) is 2.22. The van der Waals surface area contributed by atoms with Crippen molar-refractivity contribution >= 4 is 69.1 Å². The van der Waals surface area contributed by atoms with Crippen molar-refractivity contribution in [1.29, 1.82) is 5.26 Å². The van der Waals surface area contributed by atoms with Crippen molar-refractivity contribution in [2.45, 2.75) is 31.8 Å². The molecule has 290 valence electrons. The summed E-state index contributed by atoms with van der Waals surface area (Å²) in [5.41, 5.74) is 2.09. The van der Waals surface area contributed by atoms with Crippen LogP contribution in [-0.2, 0) is 16.1 Å². The number of piperidine rings is 1. The van der Waals surface area contributed by atoms with Crippen LogP contribution in [0.15, 0.2) is 42.6 Å². The Kier molecular flexibility index (Phi) is 11.3. The third-order valence-corrected chi connectivity index (χ3v) is 10.7. The minimum absolute atomic E-state index is 0.00447. The van der Waals surface area contributed by atoms with Crippen LogP contribution in [0.1, 0.15) is 51.1 Å². The molecule has 0 spiro atoms. The first-order valence-corrected chi connectivity index (χ1v) is 18.6. The fourth-order valence-corrected chi connectivity index (χ4v) is 7.65. The van der Waals surface area contributed by atoms with Gasteiger partial charge in [-0.05, 0) is 37.1 Å². The number of nitrogens with zero attached hydrogens (tertiary/aromatic N) is 5. The van der Waals surface area contributed by atoms with Crippen molar-refractivity contribution in [3.8, 4) is 23.3 Å². The van der Waals surface area contributed by atoms with Crippen LogP contribution in [0.2, 0.25) is 10.0 Å². The number of rotatable bonds is 12. The van der Waals surface area contributed by atoms with Gasteiger partial charge in [0.2, 0.25) is 11.8 Å². The molecule has 1 unspecified atom stereocenters. The van der Waals surface area contributed by atoms with Crippen molar-refractivity contribution in [2.75, 3.05) is 58.9 Å². The fourth-order valence-electron chi connectivity index (χ4n) is 7.15. The van der Waals surface area contributed by atoms with Crippen LogP contribution in [0.25, 0.3) is 10.9 Å². The smallest absolute Gasteiger partial charge is 0.262 e. The zero-order valence-electron chi connectivity index (χ0n) is 30.4. The van der Waals surface area contributed by atoms with Crippen molar-refractivity contribution in [2.24, 2.45) is 0 Å². The summed E-state index contributed by atoms with van der Waals surface area (Å²) in [6.45, 7) is 4.19. The molecule has 56 heavy (non-hydrogen) atoms. The van der Waals surface area contributed by atoms with Gasteiger partial charge in [-0.15, -0.1) is 0 Å². The van der Waals surface area contributed by atoms with Crippen molar-refractivity contribution in [1.82, 2.24) is 25.0 Å². The van der Waals surface area contributed by atoms with E-state index in [1.165, 1.54) is 26.5 Å². The molecular formula is C39H36Cl2FN7O7. The molecule has 4 heterocycles. The van der Waals surface area contributed by atoms with Crippen LogP contribution in [0.5, 0.6) is 17.2 Å². The number of pyridine rings is 1. The van der Waals surface area contributed by atoms with Crippen LogP contribution in [0.4, 0.5) is 15.8 Å². The van der Waals surface area contributed by atoms with Gasteiger partial charge in [0.1, 0.15) is 23.7 Å². The molecule has 17 heteroatoms. The van der Waals surface area contributed by atoms with Gasteiger partial charge < -0.3 is 24.4 Å². The second-order valence-corrected chi connectivity index (χ2v) is 14.3. The first-order valence-electron chi connectivity index (χ1n) is 17.8. The maximum absolute atomic E-state index is 15.3. The normalized spacial score (nSPS) is 17.5. The van der Waals surface area contributed by atoms with E-state index < -0.39 is 35.5 Å². The highest BCUT2D eigenvalue weighted by atomic mass is 35.5. The van der Waals surface area contributed by atoms with Crippen LogP contribution < -0.4 is 24.8 Å². The number of imide groups is 2. The molecule has 14 nitrogen and oxygen atoms in total. The van der Waals surface area contributed by atoms with E-state index in [2.05, 4.69) is 31.5 Å². The molecule has 4 amide bonds. The van der Waals surface area contributed by atoms with E-state index in [4.69, 9.17) is 37.4 Å². The quantitative estimate of drug-likeness (QED) is 0.140. The van der Waals surface area contributed by atoms with Crippen molar-refractivity contribution in [3.63, 3.8) is 0 Å². The number of aromatic nitrogens is 1. The molecule has 2 fully saturated rings. The molecule has 4 aromatic rings. The molecule has 7 rings (SSSR count). The third kappa shape index (κ3) is 7.65. The highest BCUT2D eigenvalue weighted by molar-refractivity contribution is 6.37. The number of carbonyl (C=O) groups excluding carboxylic acids is 4. The van der Waals surface area contributed by atoms with Crippen molar-refractivity contribution in [3.05, 3.63) is 80.7 Å². The number of anilines is 2. The van der Waals surface area contributed by atoms with E-state index in [-0.39, 0.29) is 36.1 Å². The Bertz CT molecular complexity index is 2310. The van der Waals surface area contributed by atoms with E-state index in [1.54, 1.807) is 24.3 Å². The van der Waals surface area contributed by atoms with E-state index in [9.17, 15) is 24.4 Å². The van der Waals surface area contributed by atoms with Gasteiger partial charge in [0.25, 0.3) is 11.8 Å². The van der Waals surface area contributed by atoms with E-state index >= 15 is 4.39 Å². The summed E-state index contributed by atoms with van der Waals surface area (Å²) in [4.78, 5) is 59.9. The first-order chi connectivity index (χ1) is 27.0. The predicted molar refractivity (Wildman–Crippen MR) is 204 cm³/mol. The monoisotopic (exact) mass is 803 g/mol. The highest BCUT2D eigenvalue weighted by Crippen LogP contribution is 2.40. The van der Waals surface area contributed by atoms with Gasteiger partial charge >= 0.3 is 0 Å². The van der Waals surface area contributed by atoms with Crippen LogP contribution >= 0.6 is 23.2 Å². The predicted octanol–water partition coefficient (Wildman–Crippen LogP) is 5.30. The van der Waals surface area contributed by atoms with Gasteiger partial charge in [0, 0.05) is 75.0 Å². The standard InChI is InChI=1S/C39H36Cl2FN7O7/c1-54-32-17-30(26(40)15-27(32)41)45-36-22(18-43)19-44-29-16-34(33(55-2)14-25(29)36)56-11-3-6-47-7-9-48(10-8-47)20-21-12-23-24(13-28(21)42)39(53)49(38(23)52)31-4-5-35(50)46-37(31)51/h12-17,19,31H,3-11,20H2,1-2H3,(H,44,45)(H,46,50,51). The lowest BCUT2D eigenvalue weighted by molar-refractivity contribution is -0.136. The summed E-state index contributed by atoms with van der Waals surface area (Å²) in [7, 11) is 3.03. The summed E-state index contributed by atoms with van der Waals surface area (Å²) in [6, 6.07) is 10.3. The number of benzene rings is 3. The SMILES string of the molecule is COc1cc(Nc2c(C#N)cnc3cc(OCCCN4CCN(Cc5cc6c(cc5F)C(=O)N(C5CCC(=O)NC5=O)C6=O)CC4)c(OC)cc23)c(Cl)cc1Cl. The molecule has 0 aliphatic carbocycles. The molecule has 3 aromatic carbocycles. The topological polar surface area (TPSA) is 166 Å². The highest BCUT2D eigenvalue weighted by Gasteiger charge is 2.45. The summed E-state index contributed by atoms with van der Waals surface area (Å²) in [5.74, 6) is -1.81. The van der Waals surface area contributed by atoms with Crippen LogP contribution in [0, 0.1) is 17.1 Å². The molecular weight excluding hydrogens is 768 g/mol. The van der Waals surface area contributed by atoms with E-state index in [0.29, 0.717) is 81.3 Å². The summed E-state index contributed by atoms with van der Waals surface area (Å²) in [5, 5.41) is 16.6. The van der Waals surface area contributed by atoms with Gasteiger partial charge in [0.05, 0.1) is 64.5 Å². The Hall–Kier alpha value is -5.53. The lowest BCUT2D eigenvalue weighted by atomic mass is 10.0. The minimum Gasteiger partial charge on any atom is -0.495 e. The lowest BCUT2D eigenvalue weighted by Gasteiger charge is -2.34. The Morgan fingerprint density at radius 2 is 1.64 bits per heavy atom. The average Bonchev–Trinajstić information content (AvgIpc) is 3.42. The second-order valence-electron chi connectivity index (χ2n) is 13.5. The number of amides is 4. The number of piperazine rings is 1. The molecule has 3 aliphatic heterocycles. The molecule has 0 bridgehead atoms. The number of carbonyl (C=O) groups is 4. The van der Waals surface area contributed by atoms with Crippen LogP contribution in [-0.4, -0.2) is 103 Å². The number of fused-ring (bicyclic) bond motifs is 2. The number of hydrogen-bond acceptors (Lipinski definition) is 12. The number of hydrogen-bond donors (Lipinski definition) is 2. The first kappa shape index (κ1) is 38.7. The Labute approximate surface area is 331 Å². The van der Waals surface area contributed by atoms with Gasteiger partial charge in [-0.2, -0.15) is 5.26 Å². The van der Waals surface area contributed by atoms with Gasteiger partial charge in [-0.25, -0.2) is 4.39 Å². The summed E-state index contributed by atoms with van der Waals surface area (Å²) >= 11 is 12.7. The number of halogens is 3. The molecule has 2 N–H and O–H groups in total. The molecule has 0 radical (unpaired) electrons. The second kappa shape index (κ2) is 16.3. The van der Waals surface area contributed by atoms with Gasteiger partial charge in [-0.1, -0.05) is 23.2 Å². The maximum atomic E-state index is 15.3. The Balaban J connectivity index is 0.937. The molecule has 2 saturated heterocycles. The maximum Gasteiger partial charge on any atom is 0.262 e. The number of methoxy groups -OCH3 is 2. The third-order valence-electron chi connectivity index (χ3n) is 10.1. The van der Waals surface area contributed by atoms with Gasteiger partial charge in [0.15, 0.2) is 11.5 Å². The number of ether oxygens (including phenoxy) is 3. The zero-order valence-corrected chi connectivity index (χ0v) is 31.9. The zero-order chi connectivity index (χ0) is 39.7. The Morgan fingerprint density at radius 3 is 2.34 bits per heavy atom. The Morgan fingerprint density at radius 1 is 0.929 bits per heavy atom.